The SMILES string of the molecule is COc1ccc(O)cc1-c1ccc(C2=NNC(=O)CC2)cc1F. The molecule has 0 aromatic heterocycles. The lowest BCUT2D eigenvalue weighted by molar-refractivity contribution is -0.121. The molecular formula is C17H15FN2O3. The fourth-order valence-corrected chi connectivity index (χ4v) is 2.50. The number of rotatable bonds is 3. The zero-order chi connectivity index (χ0) is 16.4. The number of ether oxygens (including phenoxy) is 1. The molecule has 1 heterocycles. The lowest BCUT2D eigenvalue weighted by atomic mass is 9.98. The molecule has 0 saturated heterocycles. The Balaban J connectivity index is 2.00. The molecule has 1 aliphatic heterocycles. The highest BCUT2D eigenvalue weighted by Crippen LogP contribution is 2.35. The molecule has 0 saturated carbocycles. The van der Waals surface area contributed by atoms with E-state index >= 15 is 0 Å². The first-order chi connectivity index (χ1) is 11.1. The van der Waals surface area contributed by atoms with Gasteiger partial charge in [-0.05, 0) is 24.3 Å². The van der Waals surface area contributed by atoms with Gasteiger partial charge in [-0.15, -0.1) is 0 Å². The highest BCUT2D eigenvalue weighted by Gasteiger charge is 2.17. The third-order valence-corrected chi connectivity index (χ3v) is 3.68. The summed E-state index contributed by atoms with van der Waals surface area (Å²) in [5.41, 5.74) is 4.44. The third-order valence-electron chi connectivity index (χ3n) is 3.68. The Hall–Kier alpha value is -2.89. The zero-order valence-electron chi connectivity index (χ0n) is 12.5. The van der Waals surface area contributed by atoms with E-state index in [1.165, 1.54) is 25.3 Å². The van der Waals surface area contributed by atoms with E-state index in [0.29, 0.717) is 41.0 Å². The van der Waals surface area contributed by atoms with Gasteiger partial charge in [-0.3, -0.25) is 4.79 Å². The Morgan fingerprint density at radius 3 is 2.65 bits per heavy atom. The van der Waals surface area contributed by atoms with E-state index in [1.54, 1.807) is 18.2 Å². The van der Waals surface area contributed by atoms with Gasteiger partial charge in [0, 0.05) is 29.5 Å². The molecule has 5 nitrogen and oxygen atoms in total. The van der Waals surface area contributed by atoms with Crippen molar-refractivity contribution in [3.05, 3.63) is 47.8 Å². The average Bonchev–Trinajstić information content (AvgIpc) is 2.55. The van der Waals surface area contributed by atoms with E-state index in [2.05, 4.69) is 10.5 Å². The van der Waals surface area contributed by atoms with Gasteiger partial charge in [0.25, 0.3) is 0 Å². The van der Waals surface area contributed by atoms with Crippen molar-refractivity contribution in [3.8, 4) is 22.6 Å². The number of carbonyl (C=O) groups excluding carboxylic acids is 1. The van der Waals surface area contributed by atoms with Crippen LogP contribution in [-0.4, -0.2) is 23.8 Å². The summed E-state index contributed by atoms with van der Waals surface area (Å²) >= 11 is 0. The number of halogens is 1. The molecule has 0 atom stereocenters. The molecule has 2 N–H and O–H groups in total. The van der Waals surface area contributed by atoms with Gasteiger partial charge < -0.3 is 9.84 Å². The minimum Gasteiger partial charge on any atom is -0.508 e. The number of benzene rings is 2. The van der Waals surface area contributed by atoms with Gasteiger partial charge >= 0.3 is 0 Å². The van der Waals surface area contributed by atoms with Crippen molar-refractivity contribution < 1.29 is 19.0 Å². The summed E-state index contributed by atoms with van der Waals surface area (Å²) < 4.78 is 19.8. The van der Waals surface area contributed by atoms with Gasteiger partial charge in [-0.25, -0.2) is 9.82 Å². The summed E-state index contributed by atoms with van der Waals surface area (Å²) in [5.74, 6) is -0.0956. The van der Waals surface area contributed by atoms with Crippen molar-refractivity contribution in [3.63, 3.8) is 0 Å². The molecule has 3 rings (SSSR count). The van der Waals surface area contributed by atoms with E-state index in [9.17, 15) is 14.3 Å². The summed E-state index contributed by atoms with van der Waals surface area (Å²) in [5, 5.41) is 13.6. The second kappa shape index (κ2) is 6.08. The maximum Gasteiger partial charge on any atom is 0.240 e. The molecule has 118 valence electrons. The number of aromatic hydroxyl groups is 1. The van der Waals surface area contributed by atoms with Crippen LogP contribution in [0.2, 0.25) is 0 Å². The molecule has 1 aliphatic rings. The molecule has 1 amide bonds. The summed E-state index contributed by atoms with van der Waals surface area (Å²) in [6.45, 7) is 0. The van der Waals surface area contributed by atoms with E-state index in [4.69, 9.17) is 4.74 Å². The number of hydrogen-bond donors (Lipinski definition) is 2. The Labute approximate surface area is 132 Å². The number of nitrogens with one attached hydrogen (secondary N) is 1. The topological polar surface area (TPSA) is 70.9 Å². The number of phenols is 1. The molecular weight excluding hydrogens is 299 g/mol. The van der Waals surface area contributed by atoms with Crippen LogP contribution in [0.4, 0.5) is 4.39 Å². The van der Waals surface area contributed by atoms with Crippen molar-refractivity contribution >= 4 is 11.6 Å². The van der Waals surface area contributed by atoms with Crippen LogP contribution in [-0.2, 0) is 4.79 Å². The van der Waals surface area contributed by atoms with Gasteiger partial charge in [0.15, 0.2) is 0 Å². The zero-order valence-corrected chi connectivity index (χ0v) is 12.5. The van der Waals surface area contributed by atoms with Crippen molar-refractivity contribution in [1.29, 1.82) is 0 Å². The van der Waals surface area contributed by atoms with Crippen LogP contribution in [0.15, 0.2) is 41.5 Å². The van der Waals surface area contributed by atoms with Crippen LogP contribution in [0.3, 0.4) is 0 Å². The van der Waals surface area contributed by atoms with Gasteiger partial charge in [0.2, 0.25) is 5.91 Å². The quantitative estimate of drug-likeness (QED) is 0.915. The first-order valence-electron chi connectivity index (χ1n) is 7.11. The molecule has 0 aliphatic carbocycles. The van der Waals surface area contributed by atoms with Crippen LogP contribution in [0, 0.1) is 5.82 Å². The molecule has 2 aromatic carbocycles. The Bertz CT molecular complexity index is 802. The van der Waals surface area contributed by atoms with Crippen LogP contribution in [0.1, 0.15) is 18.4 Å². The number of methoxy groups -OCH3 is 1. The lowest BCUT2D eigenvalue weighted by Crippen LogP contribution is -2.25. The highest BCUT2D eigenvalue weighted by molar-refractivity contribution is 6.04. The molecule has 0 radical (unpaired) electrons. The van der Waals surface area contributed by atoms with Crippen LogP contribution in [0.25, 0.3) is 11.1 Å². The predicted octanol–water partition coefficient (Wildman–Crippen LogP) is 2.82. The number of hydrazone groups is 1. The molecule has 0 unspecified atom stereocenters. The number of hydrogen-bond acceptors (Lipinski definition) is 4. The number of amides is 1. The fourth-order valence-electron chi connectivity index (χ4n) is 2.50. The van der Waals surface area contributed by atoms with Gasteiger partial charge in [0.1, 0.15) is 17.3 Å². The average molecular weight is 314 g/mol. The largest absolute Gasteiger partial charge is 0.508 e. The van der Waals surface area contributed by atoms with Gasteiger partial charge in [-0.1, -0.05) is 12.1 Å². The fraction of sp³-hybridized carbons (Fsp3) is 0.176. The van der Waals surface area contributed by atoms with Gasteiger partial charge in [0.05, 0.1) is 12.8 Å². The third kappa shape index (κ3) is 3.01. The van der Waals surface area contributed by atoms with Crippen molar-refractivity contribution in [2.45, 2.75) is 12.8 Å². The molecule has 0 fully saturated rings. The number of phenolic OH excluding ortho intramolecular Hbond substituents is 1. The van der Waals surface area contributed by atoms with Crippen molar-refractivity contribution in [2.75, 3.05) is 7.11 Å². The Morgan fingerprint density at radius 1 is 1.17 bits per heavy atom. The molecule has 23 heavy (non-hydrogen) atoms. The molecule has 0 bridgehead atoms. The summed E-state index contributed by atoms with van der Waals surface area (Å²) in [7, 11) is 1.49. The second-order valence-electron chi connectivity index (χ2n) is 5.17. The van der Waals surface area contributed by atoms with E-state index in [-0.39, 0.29) is 11.7 Å². The maximum atomic E-state index is 14.5. The Kier molecular flexibility index (Phi) is 3.97. The normalized spacial score (nSPS) is 14.2. The van der Waals surface area contributed by atoms with Crippen molar-refractivity contribution in [1.82, 2.24) is 5.43 Å². The number of carbonyl (C=O) groups is 1. The lowest BCUT2D eigenvalue weighted by Gasteiger charge is -2.14. The van der Waals surface area contributed by atoms with Crippen molar-refractivity contribution in [2.24, 2.45) is 5.10 Å². The maximum absolute atomic E-state index is 14.5. The van der Waals surface area contributed by atoms with Crippen LogP contribution < -0.4 is 10.2 Å². The molecule has 0 spiro atoms. The van der Waals surface area contributed by atoms with Crippen LogP contribution in [0.5, 0.6) is 11.5 Å². The highest BCUT2D eigenvalue weighted by atomic mass is 19.1. The smallest absolute Gasteiger partial charge is 0.240 e. The standard InChI is InChI=1S/C17H15FN2O3/c1-23-16-6-3-11(21)9-13(16)12-4-2-10(8-14(12)18)15-5-7-17(22)20-19-15/h2-4,6,8-9,21H,5,7H2,1H3,(H,20,22). The van der Waals surface area contributed by atoms with Crippen LogP contribution >= 0.6 is 0 Å². The summed E-state index contributed by atoms with van der Waals surface area (Å²) in [6, 6.07) is 9.23. The van der Waals surface area contributed by atoms with Gasteiger partial charge in [-0.2, -0.15) is 5.10 Å². The minimum atomic E-state index is -0.453. The minimum absolute atomic E-state index is 0.0312. The first kappa shape index (κ1) is 15.0. The van der Waals surface area contributed by atoms with E-state index < -0.39 is 5.82 Å². The van der Waals surface area contributed by atoms with E-state index in [1.807, 2.05) is 0 Å². The molecule has 6 heteroatoms. The summed E-state index contributed by atoms with van der Waals surface area (Å²) in [6.07, 6.45) is 0.808. The monoisotopic (exact) mass is 314 g/mol. The Morgan fingerprint density at radius 2 is 2.00 bits per heavy atom. The first-order valence-corrected chi connectivity index (χ1v) is 7.11. The van der Waals surface area contributed by atoms with E-state index in [0.717, 1.165) is 0 Å². The second-order valence-corrected chi connectivity index (χ2v) is 5.17. The predicted molar refractivity (Wildman–Crippen MR) is 84.0 cm³/mol. The summed E-state index contributed by atoms with van der Waals surface area (Å²) in [4.78, 5) is 11.1. The number of nitrogens with zero attached hydrogens (tertiary/aromatic N) is 1. The molecule has 2 aromatic rings.